The number of benzene rings is 1. The first kappa shape index (κ1) is 31.6. The summed E-state index contributed by atoms with van der Waals surface area (Å²) in [5.74, 6) is 3.40. The number of fused-ring (bicyclic) bond motifs is 1. The second-order valence-electron chi connectivity index (χ2n) is 7.02. The molecule has 3 aromatic rings. The molecule has 14 heteroatoms. The number of aryl methyl sites for hydroxylation is 2. The topological polar surface area (TPSA) is 138 Å². The first-order valence-electron chi connectivity index (χ1n) is 9.82. The molecule has 0 saturated heterocycles. The molecule has 0 bridgehead atoms. The molecule has 0 aliphatic carbocycles. The standard InChI is InChI=1S/C21H23N4O7P.2Na/c1-4-11-25-20(26)18-19(24(21(25)27)12-6-13-32-33(28,29)30)22-17(23(18)2)10-9-15-7-5-8-16(14-15)31-3;;/h1,5,7-10,14H,6,11-13H2,2-3H3,(H2,28,29,30);;/b10-9+;;. The fourth-order valence-electron chi connectivity index (χ4n) is 3.28. The number of methoxy groups -OCH3 is 1. The Kier molecular flexibility index (Phi) is 12.4. The molecule has 0 fully saturated rings. The molecule has 2 radical (unpaired) electrons. The van der Waals surface area contributed by atoms with Gasteiger partial charge in [0.25, 0.3) is 5.56 Å². The van der Waals surface area contributed by atoms with Crippen molar-refractivity contribution in [3.05, 3.63) is 56.5 Å². The number of phosphoric acid groups is 1. The Hall–Kier alpha value is -1.42. The first-order chi connectivity index (χ1) is 15.7. The normalized spacial score (nSPS) is 11.2. The van der Waals surface area contributed by atoms with Gasteiger partial charge in [0.15, 0.2) is 11.2 Å². The predicted octanol–water partition coefficient (Wildman–Crippen LogP) is 0.447. The molecule has 2 heterocycles. The van der Waals surface area contributed by atoms with E-state index in [0.29, 0.717) is 11.6 Å². The monoisotopic (exact) mass is 520 g/mol. The third kappa shape index (κ3) is 7.78. The van der Waals surface area contributed by atoms with Crippen LogP contribution in [0.1, 0.15) is 17.8 Å². The van der Waals surface area contributed by atoms with Crippen LogP contribution in [0, 0.1) is 12.3 Å². The third-order valence-corrected chi connectivity index (χ3v) is 5.35. The Morgan fingerprint density at radius 2 is 1.91 bits per heavy atom. The Labute approximate surface area is 245 Å². The van der Waals surface area contributed by atoms with Gasteiger partial charge in [0.05, 0.1) is 20.3 Å². The van der Waals surface area contributed by atoms with E-state index in [4.69, 9.17) is 20.9 Å². The molecule has 1 aromatic carbocycles. The van der Waals surface area contributed by atoms with Crippen LogP contribution < -0.4 is 16.0 Å². The van der Waals surface area contributed by atoms with E-state index in [1.165, 1.54) is 4.57 Å². The molecule has 2 aromatic heterocycles. The van der Waals surface area contributed by atoms with Crippen molar-refractivity contribution in [1.82, 2.24) is 18.7 Å². The summed E-state index contributed by atoms with van der Waals surface area (Å²) in [5.41, 5.74) is -0.0823. The van der Waals surface area contributed by atoms with Crippen LogP contribution in [-0.2, 0) is 29.2 Å². The van der Waals surface area contributed by atoms with Crippen LogP contribution >= 0.6 is 7.82 Å². The summed E-state index contributed by atoms with van der Waals surface area (Å²) in [6, 6.07) is 7.35. The van der Waals surface area contributed by atoms with E-state index >= 15 is 0 Å². The fraction of sp³-hybridized carbons (Fsp3) is 0.286. The molecular formula is C21H23N4Na2O7P. The summed E-state index contributed by atoms with van der Waals surface area (Å²) in [7, 11) is -1.41. The molecule has 35 heavy (non-hydrogen) atoms. The largest absolute Gasteiger partial charge is 0.497 e. The van der Waals surface area contributed by atoms with E-state index in [0.717, 1.165) is 10.1 Å². The minimum atomic E-state index is -4.63. The van der Waals surface area contributed by atoms with Gasteiger partial charge in [-0.05, 0) is 30.2 Å². The van der Waals surface area contributed by atoms with Crippen LogP contribution in [0.3, 0.4) is 0 Å². The van der Waals surface area contributed by atoms with E-state index in [2.05, 4.69) is 15.4 Å². The number of rotatable bonds is 9. The summed E-state index contributed by atoms with van der Waals surface area (Å²) in [4.78, 5) is 48.0. The SMILES string of the molecule is C#CCn1c(=O)c2c(nc(/C=C/c3cccc(OC)c3)n2C)n(CCCOP(=O)(O)O)c1=O.[Na].[Na]. The smallest absolute Gasteiger partial charge is 0.469 e. The van der Waals surface area contributed by atoms with Crippen LogP contribution in [0.15, 0.2) is 33.9 Å². The van der Waals surface area contributed by atoms with Crippen LogP contribution in [0.5, 0.6) is 5.75 Å². The van der Waals surface area contributed by atoms with E-state index in [-0.39, 0.29) is 96.4 Å². The van der Waals surface area contributed by atoms with Crippen molar-refractivity contribution >= 4 is 90.3 Å². The summed E-state index contributed by atoms with van der Waals surface area (Å²) in [5, 5.41) is 0. The molecule has 2 N–H and O–H groups in total. The first-order valence-corrected chi connectivity index (χ1v) is 11.3. The van der Waals surface area contributed by atoms with Crippen molar-refractivity contribution in [2.45, 2.75) is 19.5 Å². The average Bonchev–Trinajstić information content (AvgIpc) is 3.10. The Balaban J connectivity index is 0.00000306. The van der Waals surface area contributed by atoms with Crippen LogP contribution in [0.25, 0.3) is 23.3 Å². The molecule has 0 saturated carbocycles. The van der Waals surface area contributed by atoms with Gasteiger partial charge in [0, 0.05) is 72.7 Å². The van der Waals surface area contributed by atoms with Crippen molar-refractivity contribution in [2.24, 2.45) is 7.05 Å². The second kappa shape index (κ2) is 13.8. The van der Waals surface area contributed by atoms with Gasteiger partial charge in [0.1, 0.15) is 11.6 Å². The summed E-state index contributed by atoms with van der Waals surface area (Å²) in [6.07, 6.45) is 8.92. The van der Waals surface area contributed by atoms with Gasteiger partial charge in [-0.2, -0.15) is 0 Å². The van der Waals surface area contributed by atoms with Crippen molar-refractivity contribution in [3.8, 4) is 18.1 Å². The van der Waals surface area contributed by atoms with Crippen LogP contribution in [0.4, 0.5) is 0 Å². The molecule has 0 atom stereocenters. The van der Waals surface area contributed by atoms with Crippen LogP contribution in [0.2, 0.25) is 0 Å². The maximum Gasteiger partial charge on any atom is 0.469 e. The van der Waals surface area contributed by atoms with Crippen LogP contribution in [-0.4, -0.2) is 101 Å². The van der Waals surface area contributed by atoms with Gasteiger partial charge < -0.3 is 19.1 Å². The Bertz CT molecular complexity index is 1420. The van der Waals surface area contributed by atoms with Gasteiger partial charge in [-0.25, -0.2) is 18.9 Å². The number of imidazole rings is 1. The second-order valence-corrected chi connectivity index (χ2v) is 8.26. The summed E-state index contributed by atoms with van der Waals surface area (Å²) in [6.45, 7) is -0.509. The Morgan fingerprint density at radius 3 is 2.54 bits per heavy atom. The molecule has 3 rings (SSSR count). The number of nitrogens with zero attached hydrogens (tertiary/aromatic N) is 4. The fourth-order valence-corrected chi connectivity index (χ4v) is 3.65. The number of aromatic nitrogens is 4. The van der Waals surface area contributed by atoms with Crippen molar-refractivity contribution in [1.29, 1.82) is 0 Å². The van der Waals surface area contributed by atoms with Crippen molar-refractivity contribution in [3.63, 3.8) is 0 Å². The van der Waals surface area contributed by atoms with Crippen molar-refractivity contribution < 1.29 is 23.6 Å². The molecule has 176 valence electrons. The molecular weight excluding hydrogens is 497 g/mol. The van der Waals surface area contributed by atoms with Crippen molar-refractivity contribution in [2.75, 3.05) is 13.7 Å². The zero-order valence-corrected chi connectivity index (χ0v) is 24.9. The maximum absolute atomic E-state index is 13.0. The van der Waals surface area contributed by atoms with Gasteiger partial charge in [-0.3, -0.25) is 13.9 Å². The van der Waals surface area contributed by atoms with Gasteiger partial charge in [-0.15, -0.1) is 6.42 Å². The molecule has 11 nitrogen and oxygen atoms in total. The van der Waals surface area contributed by atoms with Gasteiger partial charge in [-0.1, -0.05) is 24.1 Å². The summed E-state index contributed by atoms with van der Waals surface area (Å²) >= 11 is 0. The van der Waals surface area contributed by atoms with E-state index in [9.17, 15) is 14.2 Å². The number of terminal acetylenes is 1. The molecule has 0 aliphatic heterocycles. The molecule has 0 spiro atoms. The number of hydrogen-bond acceptors (Lipinski definition) is 6. The van der Waals surface area contributed by atoms with Gasteiger partial charge >= 0.3 is 13.5 Å². The zero-order valence-electron chi connectivity index (χ0n) is 20.0. The number of phosphoric ester groups is 1. The Morgan fingerprint density at radius 1 is 1.20 bits per heavy atom. The zero-order chi connectivity index (χ0) is 24.2. The van der Waals surface area contributed by atoms with E-state index < -0.39 is 19.1 Å². The minimum absolute atomic E-state index is 0. The van der Waals surface area contributed by atoms with E-state index in [1.54, 1.807) is 30.9 Å². The summed E-state index contributed by atoms with van der Waals surface area (Å²) < 4.78 is 24.3. The van der Waals surface area contributed by atoms with Gasteiger partial charge in [0.2, 0.25) is 0 Å². The minimum Gasteiger partial charge on any atom is -0.497 e. The predicted molar refractivity (Wildman–Crippen MR) is 134 cm³/mol. The number of ether oxygens (including phenoxy) is 1. The van der Waals surface area contributed by atoms with E-state index in [1.807, 2.05) is 24.3 Å². The quantitative estimate of drug-likeness (QED) is 0.180. The maximum atomic E-state index is 13.0. The third-order valence-electron chi connectivity index (χ3n) is 4.83. The molecule has 0 unspecified atom stereocenters. The molecule has 0 amide bonds. The average molecular weight is 520 g/mol. The molecule has 0 aliphatic rings. The number of hydrogen-bond donors (Lipinski definition) is 2.